The van der Waals surface area contributed by atoms with Crippen molar-refractivity contribution in [2.45, 2.75) is 19.8 Å². The zero-order valence-corrected chi connectivity index (χ0v) is 6.95. The van der Waals surface area contributed by atoms with Crippen LogP contribution in [0.5, 0.6) is 0 Å². The lowest BCUT2D eigenvalue weighted by Crippen LogP contribution is -2.15. The van der Waals surface area contributed by atoms with Crippen molar-refractivity contribution < 1.29 is 0 Å². The van der Waals surface area contributed by atoms with Crippen LogP contribution in [0.2, 0.25) is 0 Å². The largest absolute Gasteiger partial charge is 0.384 e. The van der Waals surface area contributed by atoms with Crippen LogP contribution in [0.25, 0.3) is 0 Å². The molecule has 0 radical (unpaired) electrons. The van der Waals surface area contributed by atoms with Gasteiger partial charge in [0.2, 0.25) is 0 Å². The van der Waals surface area contributed by atoms with Crippen molar-refractivity contribution in [3.63, 3.8) is 0 Å². The highest BCUT2D eigenvalue weighted by atomic mass is 15.5. The van der Waals surface area contributed by atoms with E-state index in [0.29, 0.717) is 5.82 Å². The minimum Gasteiger partial charge on any atom is -0.384 e. The summed E-state index contributed by atoms with van der Waals surface area (Å²) in [5.74, 6) is 0.580. The van der Waals surface area contributed by atoms with Crippen molar-refractivity contribution in [1.82, 2.24) is 5.01 Å². The first kappa shape index (κ1) is 9.75. The van der Waals surface area contributed by atoms with E-state index in [-0.39, 0.29) is 0 Å². The molecule has 0 aliphatic heterocycles. The van der Waals surface area contributed by atoms with Gasteiger partial charge in [-0.05, 0) is 12.5 Å². The van der Waals surface area contributed by atoms with Crippen molar-refractivity contribution in [1.29, 1.82) is 0 Å². The summed E-state index contributed by atoms with van der Waals surface area (Å²) in [6.07, 6.45) is 5.44. The van der Waals surface area contributed by atoms with Gasteiger partial charge in [0.05, 0.1) is 0 Å². The molecular formula is C8H15N3. The Morgan fingerprint density at radius 2 is 2.36 bits per heavy atom. The van der Waals surface area contributed by atoms with Crippen LogP contribution in [-0.2, 0) is 0 Å². The predicted octanol–water partition coefficient (Wildman–Crippen LogP) is 1.65. The van der Waals surface area contributed by atoms with E-state index in [4.69, 9.17) is 5.73 Å². The number of hydrogen-bond acceptors (Lipinski definition) is 3. The molecule has 11 heavy (non-hydrogen) atoms. The van der Waals surface area contributed by atoms with E-state index in [2.05, 4.69) is 25.3 Å². The Balaban J connectivity index is 4.06. The molecule has 3 nitrogen and oxygen atoms in total. The van der Waals surface area contributed by atoms with Gasteiger partial charge < -0.3 is 5.73 Å². The Labute approximate surface area is 67.9 Å². The first-order valence-corrected chi connectivity index (χ1v) is 3.60. The predicted molar refractivity (Wildman–Crippen MR) is 48.8 cm³/mol. The lowest BCUT2D eigenvalue weighted by molar-refractivity contribution is 0.494. The van der Waals surface area contributed by atoms with Gasteiger partial charge in [-0.3, -0.25) is 0 Å². The third kappa shape index (κ3) is 3.45. The number of rotatable bonds is 5. The minimum atomic E-state index is 0.580. The number of hydrazone groups is 1. The number of hydrogen-bond donors (Lipinski definition) is 1. The average molecular weight is 153 g/mol. The fraction of sp³-hybridized carbons (Fsp3) is 0.375. The van der Waals surface area contributed by atoms with Gasteiger partial charge >= 0.3 is 0 Å². The van der Waals surface area contributed by atoms with E-state index >= 15 is 0 Å². The van der Waals surface area contributed by atoms with Gasteiger partial charge in [-0.15, -0.1) is 0 Å². The van der Waals surface area contributed by atoms with Gasteiger partial charge in [-0.2, -0.15) is 5.10 Å². The lowest BCUT2D eigenvalue weighted by Gasteiger charge is -2.11. The molecule has 0 amide bonds. The molecule has 0 spiro atoms. The molecule has 0 aliphatic carbocycles. The van der Waals surface area contributed by atoms with Crippen LogP contribution in [0.4, 0.5) is 0 Å². The Kier molecular flexibility index (Phi) is 4.90. The lowest BCUT2D eigenvalue weighted by atomic mass is 10.3. The molecule has 62 valence electrons. The summed E-state index contributed by atoms with van der Waals surface area (Å²) in [7, 11) is 0. The Morgan fingerprint density at radius 1 is 1.73 bits per heavy atom. The number of allylic oxidation sites excluding steroid dienone is 1. The van der Waals surface area contributed by atoms with E-state index in [1.54, 1.807) is 0 Å². The molecule has 3 heteroatoms. The monoisotopic (exact) mass is 153 g/mol. The Bertz CT molecular complexity index is 153. The molecule has 0 saturated carbocycles. The zero-order valence-electron chi connectivity index (χ0n) is 6.95. The van der Waals surface area contributed by atoms with Crippen molar-refractivity contribution in [2.75, 3.05) is 0 Å². The summed E-state index contributed by atoms with van der Waals surface area (Å²) < 4.78 is 0. The van der Waals surface area contributed by atoms with E-state index in [0.717, 1.165) is 12.8 Å². The SMILES string of the molecule is C=CN(N=C)/C(N)=C/CCC. The third-order valence-corrected chi connectivity index (χ3v) is 1.23. The van der Waals surface area contributed by atoms with Crippen molar-refractivity contribution in [2.24, 2.45) is 10.8 Å². The van der Waals surface area contributed by atoms with Crippen molar-refractivity contribution in [3.8, 4) is 0 Å². The van der Waals surface area contributed by atoms with Crippen molar-refractivity contribution >= 4 is 6.72 Å². The highest BCUT2D eigenvalue weighted by Crippen LogP contribution is 2.00. The number of unbranched alkanes of at least 4 members (excludes halogenated alkanes) is 1. The normalized spacial score (nSPS) is 10.8. The number of nitrogens with zero attached hydrogens (tertiary/aromatic N) is 2. The third-order valence-electron chi connectivity index (χ3n) is 1.23. The molecule has 0 rings (SSSR count). The highest BCUT2D eigenvalue weighted by Gasteiger charge is 1.94. The average Bonchev–Trinajstić information content (AvgIpc) is 2.03. The second-order valence-electron chi connectivity index (χ2n) is 2.09. The van der Waals surface area contributed by atoms with E-state index in [1.165, 1.54) is 11.2 Å². The van der Waals surface area contributed by atoms with Crippen LogP contribution in [0, 0.1) is 0 Å². The summed E-state index contributed by atoms with van der Waals surface area (Å²) in [4.78, 5) is 0. The van der Waals surface area contributed by atoms with Crippen LogP contribution in [-0.4, -0.2) is 11.7 Å². The fourth-order valence-corrected chi connectivity index (χ4v) is 0.631. The van der Waals surface area contributed by atoms with Gasteiger partial charge in [-0.25, -0.2) is 5.01 Å². The highest BCUT2D eigenvalue weighted by molar-refractivity contribution is 5.23. The summed E-state index contributed by atoms with van der Waals surface area (Å²) in [5, 5.41) is 5.07. The summed E-state index contributed by atoms with van der Waals surface area (Å²) in [6.45, 7) is 8.96. The summed E-state index contributed by atoms with van der Waals surface area (Å²) >= 11 is 0. The maximum Gasteiger partial charge on any atom is 0.120 e. The van der Waals surface area contributed by atoms with Crippen molar-refractivity contribution in [3.05, 3.63) is 24.7 Å². The number of nitrogens with two attached hydrogens (primary N) is 1. The molecule has 0 unspecified atom stereocenters. The van der Waals surface area contributed by atoms with E-state index in [9.17, 15) is 0 Å². The topological polar surface area (TPSA) is 41.6 Å². The molecule has 0 aromatic rings. The van der Waals surface area contributed by atoms with Gasteiger partial charge in [-0.1, -0.05) is 19.9 Å². The van der Waals surface area contributed by atoms with Crippen LogP contribution < -0.4 is 5.73 Å². The zero-order chi connectivity index (χ0) is 8.69. The van der Waals surface area contributed by atoms with Crippen LogP contribution in [0.15, 0.2) is 29.8 Å². The smallest absolute Gasteiger partial charge is 0.120 e. The molecule has 0 bridgehead atoms. The van der Waals surface area contributed by atoms with Gasteiger partial charge in [0, 0.05) is 12.9 Å². The standard InChI is InChI=1S/C8H15N3/c1-4-6-7-8(9)11(5-2)10-3/h5,7H,2-4,6,9H2,1H3/b8-7+. The maximum atomic E-state index is 5.61. The second kappa shape index (κ2) is 5.53. The van der Waals surface area contributed by atoms with Crippen LogP contribution >= 0.6 is 0 Å². The summed E-state index contributed by atoms with van der Waals surface area (Å²) in [6, 6.07) is 0. The minimum absolute atomic E-state index is 0.580. The molecular weight excluding hydrogens is 138 g/mol. The molecule has 0 fully saturated rings. The maximum absolute atomic E-state index is 5.61. The van der Waals surface area contributed by atoms with Crippen LogP contribution in [0.1, 0.15) is 19.8 Å². The molecule has 0 aliphatic rings. The van der Waals surface area contributed by atoms with Gasteiger partial charge in [0.15, 0.2) is 0 Å². The second-order valence-corrected chi connectivity index (χ2v) is 2.09. The van der Waals surface area contributed by atoms with Gasteiger partial charge in [0.1, 0.15) is 5.82 Å². The van der Waals surface area contributed by atoms with E-state index < -0.39 is 0 Å². The summed E-state index contributed by atoms with van der Waals surface area (Å²) in [5.41, 5.74) is 5.61. The molecule has 0 aromatic carbocycles. The van der Waals surface area contributed by atoms with E-state index in [1.807, 2.05) is 6.08 Å². The molecule has 2 N–H and O–H groups in total. The molecule has 0 saturated heterocycles. The molecule has 0 aromatic heterocycles. The molecule has 0 atom stereocenters. The quantitative estimate of drug-likeness (QED) is 0.482. The fourth-order valence-electron chi connectivity index (χ4n) is 0.631. The van der Waals surface area contributed by atoms with Gasteiger partial charge in [0.25, 0.3) is 0 Å². The molecule has 0 heterocycles. The Hall–Kier alpha value is -1.25. The first-order valence-electron chi connectivity index (χ1n) is 3.60. The van der Waals surface area contributed by atoms with Crippen LogP contribution in [0.3, 0.4) is 0 Å². The Morgan fingerprint density at radius 3 is 2.73 bits per heavy atom. The first-order chi connectivity index (χ1) is 5.26.